The largest absolute Gasteiger partial charge is 0.491 e. The Kier molecular flexibility index (Phi) is 7.63. The maximum absolute atomic E-state index is 15.0. The summed E-state index contributed by atoms with van der Waals surface area (Å²) in [7, 11) is -2.16. The van der Waals surface area contributed by atoms with Crippen LogP contribution in [0.2, 0.25) is 0 Å². The predicted molar refractivity (Wildman–Crippen MR) is 139 cm³/mol. The van der Waals surface area contributed by atoms with Gasteiger partial charge < -0.3 is 15.0 Å². The van der Waals surface area contributed by atoms with E-state index >= 15 is 4.39 Å². The zero-order chi connectivity index (χ0) is 26.7. The first kappa shape index (κ1) is 26.3. The molecule has 3 aromatic rings. The van der Waals surface area contributed by atoms with Gasteiger partial charge in [-0.15, -0.1) is 0 Å². The van der Waals surface area contributed by atoms with Crippen LogP contribution in [0.5, 0.6) is 5.75 Å². The molecule has 7 nitrogen and oxygen atoms in total. The fourth-order valence-corrected chi connectivity index (χ4v) is 5.20. The molecule has 9 heteroatoms. The monoisotopic (exact) mass is 524 g/mol. The highest BCUT2D eigenvalue weighted by Crippen LogP contribution is 2.31. The van der Waals surface area contributed by atoms with Crippen molar-refractivity contribution in [3.8, 4) is 16.9 Å². The molecule has 0 atom stereocenters. The van der Waals surface area contributed by atoms with E-state index in [0.29, 0.717) is 18.7 Å². The summed E-state index contributed by atoms with van der Waals surface area (Å²) >= 11 is 0. The molecule has 0 saturated carbocycles. The minimum Gasteiger partial charge on any atom is -0.491 e. The molecule has 37 heavy (non-hydrogen) atoms. The van der Waals surface area contributed by atoms with Crippen molar-refractivity contribution in [1.82, 2.24) is 10.2 Å². The molecule has 0 saturated heterocycles. The molecule has 0 aromatic heterocycles. The van der Waals surface area contributed by atoms with Crippen molar-refractivity contribution in [2.75, 3.05) is 26.5 Å². The van der Waals surface area contributed by atoms with Crippen molar-refractivity contribution in [3.63, 3.8) is 0 Å². The number of ether oxygens (including phenoxy) is 1. The molecule has 0 unspecified atom stereocenters. The van der Waals surface area contributed by atoms with Gasteiger partial charge in [0, 0.05) is 36.5 Å². The Labute approximate surface area is 216 Å². The van der Waals surface area contributed by atoms with E-state index in [0.717, 1.165) is 34.6 Å². The van der Waals surface area contributed by atoms with Crippen LogP contribution in [0.1, 0.15) is 34.0 Å². The first-order valence-corrected chi connectivity index (χ1v) is 13.9. The van der Waals surface area contributed by atoms with Crippen molar-refractivity contribution in [2.45, 2.75) is 31.2 Å². The molecule has 4 rings (SSSR count). The van der Waals surface area contributed by atoms with E-state index < -0.39 is 20.5 Å². The number of fused-ring (bicyclic) bond motifs is 1. The van der Waals surface area contributed by atoms with Gasteiger partial charge in [-0.3, -0.25) is 9.59 Å². The van der Waals surface area contributed by atoms with E-state index in [1.54, 1.807) is 18.9 Å². The van der Waals surface area contributed by atoms with Gasteiger partial charge in [0.15, 0.2) is 9.84 Å². The van der Waals surface area contributed by atoms with Crippen LogP contribution in [0.4, 0.5) is 4.39 Å². The number of hydrogen-bond donors (Lipinski definition) is 1. The number of likely N-dealkylation sites (N-methyl/N-ethyl adjacent to an activating group) is 1. The zero-order valence-electron chi connectivity index (χ0n) is 21.0. The number of nitrogens with zero attached hydrogens (tertiary/aromatic N) is 1. The van der Waals surface area contributed by atoms with E-state index in [2.05, 4.69) is 5.32 Å². The Morgan fingerprint density at radius 3 is 2.41 bits per heavy atom. The molecule has 0 radical (unpaired) electrons. The molecular formula is C28H29FN2O5S. The van der Waals surface area contributed by atoms with Crippen LogP contribution >= 0.6 is 0 Å². The Morgan fingerprint density at radius 2 is 1.76 bits per heavy atom. The second kappa shape index (κ2) is 10.7. The molecule has 2 amide bonds. The summed E-state index contributed by atoms with van der Waals surface area (Å²) in [6.45, 7) is 2.52. The molecule has 0 fully saturated rings. The number of carbonyl (C=O) groups is 2. The van der Waals surface area contributed by atoms with Crippen LogP contribution in [0.15, 0.2) is 59.5 Å². The van der Waals surface area contributed by atoms with Crippen LogP contribution < -0.4 is 10.1 Å². The van der Waals surface area contributed by atoms with Gasteiger partial charge in [0.1, 0.15) is 23.1 Å². The first-order valence-electron chi connectivity index (χ1n) is 12.0. The van der Waals surface area contributed by atoms with Crippen LogP contribution in [0, 0.1) is 5.82 Å². The van der Waals surface area contributed by atoms with Gasteiger partial charge in [0.2, 0.25) is 5.91 Å². The van der Waals surface area contributed by atoms with Crippen molar-refractivity contribution < 1.29 is 27.1 Å². The van der Waals surface area contributed by atoms with E-state index in [1.165, 1.54) is 6.07 Å². The third kappa shape index (κ3) is 5.67. The van der Waals surface area contributed by atoms with E-state index in [4.69, 9.17) is 4.74 Å². The molecule has 1 N–H and O–H groups in total. The molecule has 194 valence electrons. The van der Waals surface area contributed by atoms with E-state index in [1.807, 2.05) is 42.5 Å². The molecule has 0 spiro atoms. The molecular weight excluding hydrogens is 495 g/mol. The van der Waals surface area contributed by atoms with Gasteiger partial charge in [0.05, 0.1) is 13.0 Å². The number of benzene rings is 3. The number of hydrogen-bond acceptors (Lipinski definition) is 5. The SMILES string of the molecule is CCc1c(C(=O)N2CCOc3ccc(-c4ccc(CC(=O)NC)cc4)cc3C2)ccc(S(C)(=O)=O)c1F. The van der Waals surface area contributed by atoms with Crippen molar-refractivity contribution >= 4 is 21.7 Å². The van der Waals surface area contributed by atoms with E-state index in [9.17, 15) is 18.0 Å². The maximum atomic E-state index is 15.0. The third-order valence-electron chi connectivity index (χ3n) is 6.45. The lowest BCUT2D eigenvalue weighted by Crippen LogP contribution is -2.33. The normalized spacial score (nSPS) is 13.4. The average Bonchev–Trinajstić information content (AvgIpc) is 3.09. The number of rotatable bonds is 6. The zero-order valence-corrected chi connectivity index (χ0v) is 21.8. The van der Waals surface area contributed by atoms with E-state index in [-0.39, 0.29) is 42.5 Å². The van der Waals surface area contributed by atoms with Gasteiger partial charge in [-0.25, -0.2) is 12.8 Å². The quantitative estimate of drug-likeness (QED) is 0.530. The molecule has 1 aliphatic heterocycles. The van der Waals surface area contributed by atoms with Crippen LogP contribution in [-0.4, -0.2) is 51.6 Å². The van der Waals surface area contributed by atoms with Crippen LogP contribution in [0.25, 0.3) is 11.1 Å². The van der Waals surface area contributed by atoms with Gasteiger partial charge in [-0.2, -0.15) is 0 Å². The molecule has 0 bridgehead atoms. The molecule has 1 aliphatic rings. The van der Waals surface area contributed by atoms with Gasteiger partial charge in [0.25, 0.3) is 5.91 Å². The molecule has 0 aliphatic carbocycles. The number of halogens is 1. The highest BCUT2D eigenvalue weighted by Gasteiger charge is 2.27. The number of carbonyl (C=O) groups excluding carboxylic acids is 2. The summed E-state index contributed by atoms with van der Waals surface area (Å²) < 4.78 is 44.8. The van der Waals surface area contributed by atoms with Crippen molar-refractivity contribution in [3.05, 3.63) is 82.7 Å². The highest BCUT2D eigenvalue weighted by molar-refractivity contribution is 7.90. The Balaban J connectivity index is 1.62. The highest BCUT2D eigenvalue weighted by atomic mass is 32.2. The Bertz CT molecular complexity index is 1450. The number of amides is 2. The van der Waals surface area contributed by atoms with Crippen molar-refractivity contribution in [1.29, 1.82) is 0 Å². The fraction of sp³-hybridized carbons (Fsp3) is 0.286. The minimum atomic E-state index is -3.76. The van der Waals surface area contributed by atoms with Gasteiger partial charge in [-0.1, -0.05) is 37.3 Å². The lowest BCUT2D eigenvalue weighted by molar-refractivity contribution is -0.119. The topological polar surface area (TPSA) is 92.8 Å². The number of sulfone groups is 1. The standard InChI is InChI=1S/C28H29FN2O5S/c1-4-22-23(10-12-25(27(22)29)37(3,34)35)28(33)31-13-14-36-24-11-9-20(16-21(24)17-31)19-7-5-18(6-8-19)15-26(32)30-2/h5-12,16H,4,13-15,17H2,1-3H3,(H,30,32). The fourth-order valence-electron chi connectivity index (χ4n) is 4.44. The summed E-state index contributed by atoms with van der Waals surface area (Å²) in [4.78, 5) is 26.3. The summed E-state index contributed by atoms with van der Waals surface area (Å²) in [5.41, 5.74) is 3.84. The second-order valence-electron chi connectivity index (χ2n) is 8.97. The summed E-state index contributed by atoms with van der Waals surface area (Å²) in [6.07, 6.45) is 1.43. The average molecular weight is 525 g/mol. The van der Waals surface area contributed by atoms with Crippen LogP contribution in [0.3, 0.4) is 0 Å². The third-order valence-corrected chi connectivity index (χ3v) is 7.56. The Hall–Kier alpha value is -3.72. The number of nitrogens with one attached hydrogen (secondary N) is 1. The lowest BCUT2D eigenvalue weighted by Gasteiger charge is -2.22. The van der Waals surface area contributed by atoms with Gasteiger partial charge >= 0.3 is 0 Å². The maximum Gasteiger partial charge on any atom is 0.254 e. The van der Waals surface area contributed by atoms with Crippen LogP contribution in [-0.2, 0) is 34.0 Å². The predicted octanol–water partition coefficient (Wildman–Crippen LogP) is 3.78. The molecule has 1 heterocycles. The summed E-state index contributed by atoms with van der Waals surface area (Å²) in [5, 5.41) is 2.61. The summed E-state index contributed by atoms with van der Waals surface area (Å²) in [6, 6.07) is 16.0. The smallest absolute Gasteiger partial charge is 0.254 e. The molecule has 3 aromatic carbocycles. The minimum absolute atomic E-state index is 0.0586. The Morgan fingerprint density at radius 1 is 1.05 bits per heavy atom. The first-order chi connectivity index (χ1) is 17.6. The van der Waals surface area contributed by atoms with Crippen molar-refractivity contribution in [2.24, 2.45) is 0 Å². The van der Waals surface area contributed by atoms with Gasteiger partial charge in [-0.05, 0) is 47.4 Å². The summed E-state index contributed by atoms with van der Waals surface area (Å²) in [5.74, 6) is -0.637. The lowest BCUT2D eigenvalue weighted by atomic mass is 9.99. The second-order valence-corrected chi connectivity index (χ2v) is 11.0.